The molecule has 1 N–H and O–H groups in total. The summed E-state index contributed by atoms with van der Waals surface area (Å²) >= 11 is 4.05. The number of rotatable bonds is 1. The highest BCUT2D eigenvalue weighted by Crippen LogP contribution is 2.16. The van der Waals surface area contributed by atoms with Crippen LogP contribution in [0.4, 0.5) is 0 Å². The Morgan fingerprint density at radius 2 is 2.36 bits per heavy atom. The summed E-state index contributed by atoms with van der Waals surface area (Å²) in [5.74, 6) is 0. The summed E-state index contributed by atoms with van der Waals surface area (Å²) in [4.78, 5) is 2.60. The molecule has 1 aliphatic rings. The Hall–Kier alpha value is -0.420. The largest absolute Gasteiger partial charge is 0.391 e. The maximum Gasteiger partial charge on any atom is 0.0878 e. The highest BCUT2D eigenvalue weighted by Gasteiger charge is 2.29. The van der Waals surface area contributed by atoms with Gasteiger partial charge in [0.25, 0.3) is 0 Å². The average molecular weight is 175 g/mol. The van der Waals surface area contributed by atoms with Crippen molar-refractivity contribution in [3.05, 3.63) is 10.4 Å². The second-order valence-electron chi connectivity index (χ2n) is 2.37. The highest BCUT2D eigenvalue weighted by atomic mass is 32.1. The molecule has 0 amide bonds. The molecular weight excluding hydrogens is 166 g/mol. The average Bonchev–Trinajstić information content (AvgIpc) is 1.99. The second kappa shape index (κ2) is 3.82. The number of nitrogens with zero attached hydrogens (tertiary/aromatic N) is 3. The fourth-order valence-corrected chi connectivity index (χ4v) is 1.24. The summed E-state index contributed by atoms with van der Waals surface area (Å²) < 4.78 is 5.02. The molecule has 5 nitrogen and oxygen atoms in total. The van der Waals surface area contributed by atoms with Crippen LogP contribution in [0.15, 0.2) is 5.11 Å². The van der Waals surface area contributed by atoms with E-state index >= 15 is 0 Å². The molecule has 0 saturated carbocycles. The van der Waals surface area contributed by atoms with Gasteiger partial charge in [0, 0.05) is 4.91 Å². The Bertz CT molecular complexity index is 183. The Kier molecular flexibility index (Phi) is 3.02. The standard InChI is InChI=1S/C5H9N3O2S/c6-8-7-3-1-10-2-4(11)5(3)9/h3-5,9,11H,1-2H2/t3?,4-,5-/m1/s1. The molecule has 0 aromatic heterocycles. The minimum Gasteiger partial charge on any atom is -0.391 e. The number of hydrogen-bond acceptors (Lipinski definition) is 4. The van der Waals surface area contributed by atoms with Crippen molar-refractivity contribution in [2.75, 3.05) is 13.2 Å². The summed E-state index contributed by atoms with van der Waals surface area (Å²) in [6.07, 6.45) is -0.692. The van der Waals surface area contributed by atoms with Gasteiger partial charge in [0.05, 0.1) is 30.6 Å². The van der Waals surface area contributed by atoms with Crippen LogP contribution in [0.1, 0.15) is 0 Å². The minimum atomic E-state index is -0.692. The van der Waals surface area contributed by atoms with E-state index < -0.39 is 12.1 Å². The van der Waals surface area contributed by atoms with Crippen molar-refractivity contribution in [2.45, 2.75) is 17.4 Å². The van der Waals surface area contributed by atoms with Crippen molar-refractivity contribution in [3.63, 3.8) is 0 Å². The van der Waals surface area contributed by atoms with Gasteiger partial charge in [-0.3, -0.25) is 0 Å². The molecule has 6 heteroatoms. The number of aliphatic hydroxyl groups excluding tert-OH is 1. The van der Waals surface area contributed by atoms with Gasteiger partial charge in [-0.25, -0.2) is 0 Å². The highest BCUT2D eigenvalue weighted by molar-refractivity contribution is 7.81. The van der Waals surface area contributed by atoms with Gasteiger partial charge in [-0.2, -0.15) is 12.6 Å². The van der Waals surface area contributed by atoms with Gasteiger partial charge in [0.2, 0.25) is 0 Å². The monoisotopic (exact) mass is 175 g/mol. The zero-order chi connectivity index (χ0) is 8.27. The molecule has 0 radical (unpaired) electrons. The van der Waals surface area contributed by atoms with Crippen LogP contribution in [0.3, 0.4) is 0 Å². The first kappa shape index (κ1) is 8.67. The predicted molar refractivity (Wildman–Crippen MR) is 42.5 cm³/mol. The van der Waals surface area contributed by atoms with Crippen molar-refractivity contribution in [1.29, 1.82) is 0 Å². The van der Waals surface area contributed by atoms with Gasteiger partial charge in [0.15, 0.2) is 0 Å². The van der Waals surface area contributed by atoms with Crippen LogP contribution in [-0.4, -0.2) is 35.7 Å². The normalized spacial score (nSPS) is 37.8. The van der Waals surface area contributed by atoms with Gasteiger partial charge in [-0.05, 0) is 5.53 Å². The van der Waals surface area contributed by atoms with Crippen LogP contribution in [0.25, 0.3) is 10.4 Å². The quantitative estimate of drug-likeness (QED) is 0.261. The van der Waals surface area contributed by atoms with E-state index in [2.05, 4.69) is 22.7 Å². The summed E-state index contributed by atoms with van der Waals surface area (Å²) in [6, 6.07) is -0.490. The van der Waals surface area contributed by atoms with E-state index in [-0.39, 0.29) is 11.9 Å². The molecular formula is C5H9N3O2S. The SMILES string of the molecule is [N-]=[N+]=NC1COC[C@@H](S)[C@@H]1O. The third kappa shape index (κ3) is 2.00. The maximum absolute atomic E-state index is 9.35. The Morgan fingerprint density at radius 3 is 3.00 bits per heavy atom. The molecule has 1 fully saturated rings. The zero-order valence-electron chi connectivity index (χ0n) is 5.79. The summed E-state index contributed by atoms with van der Waals surface area (Å²) in [7, 11) is 0. The van der Waals surface area contributed by atoms with Crippen LogP contribution >= 0.6 is 12.6 Å². The summed E-state index contributed by atoms with van der Waals surface area (Å²) in [6.45, 7) is 0.685. The van der Waals surface area contributed by atoms with E-state index in [1.54, 1.807) is 0 Å². The fourth-order valence-electron chi connectivity index (χ4n) is 0.931. The molecule has 1 unspecified atom stereocenters. The molecule has 1 rings (SSSR count). The van der Waals surface area contributed by atoms with Crippen molar-refractivity contribution in [1.82, 2.24) is 0 Å². The summed E-state index contributed by atoms with van der Waals surface area (Å²) in [5, 5.41) is 12.5. The lowest BCUT2D eigenvalue weighted by Crippen LogP contribution is -2.43. The minimum absolute atomic E-state index is 0.251. The fraction of sp³-hybridized carbons (Fsp3) is 1.00. The molecule has 11 heavy (non-hydrogen) atoms. The van der Waals surface area contributed by atoms with Crippen molar-refractivity contribution >= 4 is 12.6 Å². The molecule has 0 spiro atoms. The van der Waals surface area contributed by atoms with Crippen LogP contribution in [-0.2, 0) is 4.74 Å². The van der Waals surface area contributed by atoms with E-state index in [1.807, 2.05) is 0 Å². The Balaban J connectivity index is 2.57. The molecule has 0 aliphatic carbocycles. The molecule has 0 bridgehead atoms. The summed E-state index contributed by atoms with van der Waals surface area (Å²) in [5.41, 5.74) is 8.09. The Labute approximate surface area is 69.4 Å². The first-order valence-electron chi connectivity index (χ1n) is 3.24. The molecule has 0 aromatic carbocycles. The third-order valence-electron chi connectivity index (χ3n) is 1.57. The van der Waals surface area contributed by atoms with Crippen LogP contribution in [0.2, 0.25) is 0 Å². The Morgan fingerprint density at radius 1 is 1.64 bits per heavy atom. The van der Waals surface area contributed by atoms with Crippen LogP contribution in [0.5, 0.6) is 0 Å². The molecule has 1 aliphatic heterocycles. The lowest BCUT2D eigenvalue weighted by molar-refractivity contribution is 0.00348. The van der Waals surface area contributed by atoms with E-state index in [1.165, 1.54) is 0 Å². The first-order valence-corrected chi connectivity index (χ1v) is 3.75. The van der Waals surface area contributed by atoms with Gasteiger partial charge in [0.1, 0.15) is 0 Å². The predicted octanol–water partition coefficient (Wildman–Crippen LogP) is 0.355. The van der Waals surface area contributed by atoms with Crippen molar-refractivity contribution in [3.8, 4) is 0 Å². The zero-order valence-corrected chi connectivity index (χ0v) is 6.69. The second-order valence-corrected chi connectivity index (χ2v) is 3.03. The first-order chi connectivity index (χ1) is 5.25. The molecule has 0 aromatic rings. The van der Waals surface area contributed by atoms with E-state index in [0.29, 0.717) is 6.61 Å². The maximum atomic E-state index is 9.35. The van der Waals surface area contributed by atoms with E-state index in [4.69, 9.17) is 10.3 Å². The topological polar surface area (TPSA) is 78.2 Å². The number of hydrogen-bond donors (Lipinski definition) is 2. The molecule has 1 saturated heterocycles. The number of aliphatic hydroxyl groups is 1. The number of ether oxygens (including phenoxy) is 1. The number of thiol groups is 1. The van der Waals surface area contributed by atoms with Gasteiger partial charge < -0.3 is 9.84 Å². The smallest absolute Gasteiger partial charge is 0.0878 e. The lowest BCUT2D eigenvalue weighted by Gasteiger charge is -2.28. The van der Waals surface area contributed by atoms with Crippen LogP contribution < -0.4 is 0 Å². The van der Waals surface area contributed by atoms with Gasteiger partial charge >= 0.3 is 0 Å². The van der Waals surface area contributed by atoms with Gasteiger partial charge in [-0.15, -0.1) is 0 Å². The van der Waals surface area contributed by atoms with Crippen LogP contribution in [0, 0.1) is 0 Å². The lowest BCUT2D eigenvalue weighted by atomic mass is 10.1. The van der Waals surface area contributed by atoms with E-state index in [0.717, 1.165) is 0 Å². The molecule has 3 atom stereocenters. The van der Waals surface area contributed by atoms with Crippen molar-refractivity contribution in [2.24, 2.45) is 5.11 Å². The van der Waals surface area contributed by atoms with E-state index in [9.17, 15) is 5.11 Å². The van der Waals surface area contributed by atoms with Crippen molar-refractivity contribution < 1.29 is 9.84 Å². The molecule has 62 valence electrons. The van der Waals surface area contributed by atoms with Gasteiger partial charge in [-0.1, -0.05) is 5.11 Å². The number of azide groups is 1. The third-order valence-corrected chi connectivity index (χ3v) is 2.02. The molecule has 1 heterocycles.